The number of carbonyl (C=O) groups excluding carboxylic acids is 2. The molecule has 7 nitrogen and oxygen atoms in total. The van der Waals surface area contributed by atoms with Gasteiger partial charge in [0.05, 0.1) is 37.4 Å². The van der Waals surface area contributed by atoms with Crippen LogP contribution in [0, 0.1) is 24.2 Å². The number of ketones is 1. The Hall–Kier alpha value is -2.19. The van der Waals surface area contributed by atoms with Crippen LogP contribution in [-0.2, 0) is 19.0 Å². The second-order valence-electron chi connectivity index (χ2n) is 13.7. The Bertz CT molecular complexity index is 949. The molecule has 0 fully saturated rings. The van der Waals surface area contributed by atoms with Crippen molar-refractivity contribution in [2.45, 2.75) is 135 Å². The molecule has 42 heavy (non-hydrogen) atoms. The smallest absolute Gasteiger partial charge is 0.314 e. The standard InChI is InChI=1S/C26H41FN2O5.2C4H10/c1-17(24(3,4)5)13-20-18(2)29-21(14-28-20)22(30)11-12-32-15-19(16-33-26(9,10)27)23(31)34-25(6,7)8;1-4(2)3;1-3-4-2/h13-14,19H,11-12,15-16H2,1-10H3;4H,1-3H3;3-4H2,1-2H3/b17-13+;;. The summed E-state index contributed by atoms with van der Waals surface area (Å²) in [5, 5.41) is 0. The van der Waals surface area contributed by atoms with Crippen molar-refractivity contribution >= 4 is 17.8 Å². The highest BCUT2D eigenvalue weighted by Gasteiger charge is 2.28. The molecule has 0 amide bonds. The van der Waals surface area contributed by atoms with Crippen LogP contribution >= 0.6 is 0 Å². The summed E-state index contributed by atoms with van der Waals surface area (Å²) >= 11 is 0. The third kappa shape index (κ3) is 22.4. The Balaban J connectivity index is 0. The van der Waals surface area contributed by atoms with Crippen LogP contribution in [0.25, 0.3) is 6.08 Å². The van der Waals surface area contributed by atoms with Gasteiger partial charge in [0.2, 0.25) is 5.85 Å². The Labute approximate surface area is 256 Å². The van der Waals surface area contributed by atoms with Gasteiger partial charge in [-0.3, -0.25) is 14.6 Å². The molecule has 1 heterocycles. The number of carbonyl (C=O) groups is 2. The molecule has 244 valence electrons. The van der Waals surface area contributed by atoms with Gasteiger partial charge in [0, 0.05) is 6.42 Å². The normalized spacial score (nSPS) is 13.0. The number of hydrogen-bond donors (Lipinski definition) is 0. The third-order valence-corrected chi connectivity index (χ3v) is 5.47. The minimum atomic E-state index is -1.89. The van der Waals surface area contributed by atoms with Gasteiger partial charge >= 0.3 is 5.97 Å². The van der Waals surface area contributed by atoms with Crippen molar-refractivity contribution in [1.29, 1.82) is 0 Å². The maximum Gasteiger partial charge on any atom is 0.314 e. The first kappa shape index (κ1) is 41.9. The number of halogens is 1. The molecule has 0 spiro atoms. The third-order valence-electron chi connectivity index (χ3n) is 5.47. The molecule has 0 bridgehead atoms. The summed E-state index contributed by atoms with van der Waals surface area (Å²) in [5.74, 6) is -2.63. The molecule has 1 atom stereocenters. The molecule has 1 rings (SSSR count). The first-order chi connectivity index (χ1) is 19.0. The SMILES string of the molecule is C/C(=C\c1ncc(C(=O)CCOCC(COC(C)(C)F)C(=O)OC(C)(C)C)nc1C)C(C)(C)C.CC(C)C.CCCC. The van der Waals surface area contributed by atoms with E-state index in [1.165, 1.54) is 32.9 Å². The first-order valence-electron chi connectivity index (χ1n) is 15.2. The molecule has 0 saturated carbocycles. The molecule has 1 aromatic rings. The summed E-state index contributed by atoms with van der Waals surface area (Å²) in [6.45, 7) is 28.7. The first-order valence-corrected chi connectivity index (χ1v) is 15.2. The van der Waals surface area contributed by atoms with Gasteiger partial charge in [0.1, 0.15) is 17.2 Å². The van der Waals surface area contributed by atoms with Gasteiger partial charge in [-0.2, -0.15) is 0 Å². The largest absolute Gasteiger partial charge is 0.460 e. The summed E-state index contributed by atoms with van der Waals surface area (Å²) in [7, 11) is 0. The number of hydrogen-bond acceptors (Lipinski definition) is 7. The number of Topliss-reactive ketones (excluding diaryl/α,β-unsaturated/α-hetero) is 1. The zero-order valence-corrected chi connectivity index (χ0v) is 29.4. The average Bonchev–Trinajstić information content (AvgIpc) is 2.81. The molecular formula is C34H61FN2O5. The van der Waals surface area contributed by atoms with Crippen molar-refractivity contribution in [1.82, 2.24) is 9.97 Å². The van der Waals surface area contributed by atoms with Crippen molar-refractivity contribution in [2.24, 2.45) is 17.3 Å². The molecule has 0 saturated heterocycles. The number of aryl methyl sites for hydroxylation is 1. The zero-order valence-electron chi connectivity index (χ0n) is 29.4. The van der Waals surface area contributed by atoms with E-state index in [2.05, 4.69) is 65.4 Å². The maximum atomic E-state index is 13.7. The van der Waals surface area contributed by atoms with Crippen LogP contribution in [0.4, 0.5) is 4.39 Å². The molecule has 0 radical (unpaired) electrons. The highest BCUT2D eigenvalue weighted by Crippen LogP contribution is 2.26. The fourth-order valence-electron chi connectivity index (χ4n) is 2.58. The molecule has 0 aliphatic heterocycles. The lowest BCUT2D eigenvalue weighted by molar-refractivity contribution is -0.174. The Kier molecular flexibility index (Phi) is 19.9. The van der Waals surface area contributed by atoms with E-state index in [0.29, 0.717) is 5.69 Å². The predicted molar refractivity (Wildman–Crippen MR) is 171 cm³/mol. The number of aromatic nitrogens is 2. The van der Waals surface area contributed by atoms with Crippen molar-refractivity contribution in [3.05, 3.63) is 28.9 Å². The van der Waals surface area contributed by atoms with Crippen LogP contribution in [0.3, 0.4) is 0 Å². The van der Waals surface area contributed by atoms with E-state index >= 15 is 0 Å². The second-order valence-corrected chi connectivity index (χ2v) is 13.7. The van der Waals surface area contributed by atoms with Gasteiger partial charge in [-0.15, -0.1) is 0 Å². The summed E-state index contributed by atoms with van der Waals surface area (Å²) in [6.07, 6.45) is 6.16. The summed E-state index contributed by atoms with van der Waals surface area (Å²) in [5.41, 5.74) is 2.15. The number of nitrogens with zero attached hydrogens (tertiary/aromatic N) is 2. The monoisotopic (exact) mass is 596 g/mol. The number of alkyl halides is 1. The van der Waals surface area contributed by atoms with Crippen LogP contribution in [0.1, 0.15) is 138 Å². The van der Waals surface area contributed by atoms with Crippen molar-refractivity contribution in [3.63, 3.8) is 0 Å². The van der Waals surface area contributed by atoms with E-state index in [4.69, 9.17) is 14.2 Å². The molecule has 1 aromatic heterocycles. The van der Waals surface area contributed by atoms with Gasteiger partial charge in [-0.1, -0.05) is 73.8 Å². The van der Waals surface area contributed by atoms with Gasteiger partial charge < -0.3 is 14.2 Å². The van der Waals surface area contributed by atoms with E-state index < -0.39 is 23.3 Å². The second kappa shape index (κ2) is 19.9. The topological polar surface area (TPSA) is 87.6 Å². The van der Waals surface area contributed by atoms with Gasteiger partial charge in [-0.25, -0.2) is 9.37 Å². The number of ether oxygens (including phenoxy) is 3. The quantitative estimate of drug-likeness (QED) is 0.135. The number of allylic oxidation sites excluding steroid dienone is 1. The van der Waals surface area contributed by atoms with Gasteiger partial charge in [0.15, 0.2) is 5.78 Å². The van der Waals surface area contributed by atoms with Gasteiger partial charge in [0.25, 0.3) is 0 Å². The van der Waals surface area contributed by atoms with E-state index in [9.17, 15) is 14.0 Å². The molecular weight excluding hydrogens is 535 g/mol. The Morgan fingerprint density at radius 1 is 0.976 bits per heavy atom. The lowest BCUT2D eigenvalue weighted by Crippen LogP contribution is -2.35. The summed E-state index contributed by atoms with van der Waals surface area (Å²) in [4.78, 5) is 33.8. The fraction of sp³-hybridized carbons (Fsp3) is 0.765. The van der Waals surface area contributed by atoms with E-state index in [-0.39, 0.29) is 43.1 Å². The minimum absolute atomic E-state index is 0.0160. The average molecular weight is 597 g/mol. The Morgan fingerprint density at radius 3 is 1.90 bits per heavy atom. The number of esters is 1. The summed E-state index contributed by atoms with van der Waals surface area (Å²) < 4.78 is 29.8. The molecule has 1 unspecified atom stereocenters. The van der Waals surface area contributed by atoms with Gasteiger partial charge in [-0.05, 0) is 65.9 Å². The van der Waals surface area contributed by atoms with E-state index in [1.54, 1.807) is 20.8 Å². The molecule has 8 heteroatoms. The van der Waals surface area contributed by atoms with Crippen LogP contribution in [0.5, 0.6) is 0 Å². The number of unbranched alkanes of at least 4 members (excludes halogenated alkanes) is 1. The molecule has 0 N–H and O–H groups in total. The van der Waals surface area contributed by atoms with Crippen molar-refractivity contribution in [3.8, 4) is 0 Å². The minimum Gasteiger partial charge on any atom is -0.460 e. The van der Waals surface area contributed by atoms with Crippen LogP contribution < -0.4 is 0 Å². The molecule has 0 aliphatic rings. The molecule has 0 aliphatic carbocycles. The van der Waals surface area contributed by atoms with Crippen molar-refractivity contribution < 1.29 is 28.2 Å². The lowest BCUT2D eigenvalue weighted by atomic mass is 9.87. The summed E-state index contributed by atoms with van der Waals surface area (Å²) in [6, 6.07) is 0. The number of rotatable bonds is 12. The zero-order chi connectivity index (χ0) is 33.3. The van der Waals surface area contributed by atoms with Crippen LogP contribution in [0.2, 0.25) is 0 Å². The van der Waals surface area contributed by atoms with Crippen molar-refractivity contribution in [2.75, 3.05) is 19.8 Å². The Morgan fingerprint density at radius 2 is 1.50 bits per heavy atom. The lowest BCUT2D eigenvalue weighted by Gasteiger charge is -2.25. The maximum absolute atomic E-state index is 13.7. The van der Waals surface area contributed by atoms with Crippen LogP contribution in [-0.4, -0.2) is 53.0 Å². The van der Waals surface area contributed by atoms with Crippen LogP contribution in [0.15, 0.2) is 11.8 Å². The van der Waals surface area contributed by atoms with E-state index in [0.717, 1.165) is 17.2 Å². The van der Waals surface area contributed by atoms with E-state index in [1.807, 2.05) is 19.9 Å². The highest BCUT2D eigenvalue weighted by atomic mass is 19.2. The highest BCUT2D eigenvalue weighted by molar-refractivity contribution is 5.94. The molecule has 0 aromatic carbocycles. The fourth-order valence-corrected chi connectivity index (χ4v) is 2.58. The predicted octanol–water partition coefficient (Wildman–Crippen LogP) is 8.97.